The lowest BCUT2D eigenvalue weighted by molar-refractivity contribution is -0.116. The molecule has 32 heavy (non-hydrogen) atoms. The van der Waals surface area contributed by atoms with Crippen LogP contribution in [-0.2, 0) is 30.8 Å². The van der Waals surface area contributed by atoms with E-state index >= 15 is 0 Å². The Hall–Kier alpha value is -3.45. The third kappa shape index (κ3) is 4.89. The zero-order chi connectivity index (χ0) is 22.5. The van der Waals surface area contributed by atoms with Crippen LogP contribution in [0.4, 0.5) is 5.69 Å². The molecule has 166 valence electrons. The first kappa shape index (κ1) is 21.8. The van der Waals surface area contributed by atoms with Gasteiger partial charge in [0.05, 0.1) is 18.0 Å². The number of ether oxygens (including phenoxy) is 1. The lowest BCUT2D eigenvalue weighted by Gasteiger charge is -2.28. The van der Waals surface area contributed by atoms with Crippen molar-refractivity contribution in [1.29, 1.82) is 0 Å². The van der Waals surface area contributed by atoms with Crippen LogP contribution in [0.2, 0.25) is 0 Å². The topological polar surface area (TPSA) is 76.5 Å². The summed E-state index contributed by atoms with van der Waals surface area (Å²) in [5, 5.41) is 2.85. The molecule has 7 nitrogen and oxygen atoms in total. The summed E-state index contributed by atoms with van der Waals surface area (Å²) in [5.41, 5.74) is 3.23. The molecule has 1 amide bonds. The largest absolute Gasteiger partial charge is 0.492 e. The molecule has 0 saturated heterocycles. The van der Waals surface area contributed by atoms with E-state index in [1.807, 2.05) is 37.3 Å². The van der Waals surface area contributed by atoms with Gasteiger partial charge in [-0.1, -0.05) is 42.5 Å². The Morgan fingerprint density at radius 3 is 2.66 bits per heavy atom. The Morgan fingerprint density at radius 2 is 1.88 bits per heavy atom. The molecule has 2 heterocycles. The third-order valence-corrected chi connectivity index (χ3v) is 5.60. The number of hydrogen-bond donors (Lipinski definition) is 1. The fourth-order valence-corrected chi connectivity index (χ4v) is 4.05. The number of para-hydroxylation sites is 2. The number of carbonyl (C=O) groups is 1. The number of benzene rings is 2. The van der Waals surface area contributed by atoms with Crippen LogP contribution in [0.25, 0.3) is 0 Å². The number of nitrogens with one attached hydrogen (secondary N) is 1. The van der Waals surface area contributed by atoms with Gasteiger partial charge in [0, 0.05) is 25.2 Å². The average molecular weight is 433 g/mol. The smallest absolute Gasteiger partial charge is 0.257 e. The molecule has 1 N–H and O–H groups in total. The van der Waals surface area contributed by atoms with Crippen molar-refractivity contribution in [2.45, 2.75) is 39.9 Å². The van der Waals surface area contributed by atoms with Gasteiger partial charge in [-0.15, -0.1) is 0 Å². The van der Waals surface area contributed by atoms with Gasteiger partial charge in [-0.05, 0) is 38.0 Å². The number of nitrogens with zero attached hydrogens (tertiary/aromatic N) is 3. The van der Waals surface area contributed by atoms with Gasteiger partial charge in [-0.25, -0.2) is 4.98 Å². The van der Waals surface area contributed by atoms with Crippen molar-refractivity contribution in [2.24, 2.45) is 0 Å². The van der Waals surface area contributed by atoms with Crippen LogP contribution in [-0.4, -0.2) is 33.5 Å². The van der Waals surface area contributed by atoms with Crippen LogP contribution in [0.5, 0.6) is 5.75 Å². The number of amides is 1. The highest BCUT2D eigenvalue weighted by Crippen LogP contribution is 2.23. The molecule has 4 rings (SSSR count). The molecule has 1 aliphatic heterocycles. The molecular weight excluding hydrogens is 404 g/mol. The van der Waals surface area contributed by atoms with E-state index in [2.05, 4.69) is 22.3 Å². The minimum atomic E-state index is -0.286. The number of fused-ring (bicyclic) bond motifs is 1. The summed E-state index contributed by atoms with van der Waals surface area (Å²) in [7, 11) is 0. The van der Waals surface area contributed by atoms with Gasteiger partial charge in [-0.2, -0.15) is 0 Å². The highest BCUT2D eigenvalue weighted by Gasteiger charge is 2.23. The predicted octanol–water partition coefficient (Wildman–Crippen LogP) is 3.15. The summed E-state index contributed by atoms with van der Waals surface area (Å²) in [6.45, 7) is 6.33. The van der Waals surface area contributed by atoms with Gasteiger partial charge in [-0.3, -0.25) is 19.1 Å². The molecule has 1 aliphatic rings. The summed E-state index contributed by atoms with van der Waals surface area (Å²) in [5.74, 6) is 0.865. The highest BCUT2D eigenvalue weighted by atomic mass is 16.5. The van der Waals surface area contributed by atoms with E-state index in [4.69, 9.17) is 9.72 Å². The fraction of sp³-hybridized carbons (Fsp3) is 0.320. The number of anilines is 1. The first-order chi connectivity index (χ1) is 15.5. The third-order valence-electron chi connectivity index (χ3n) is 5.60. The van der Waals surface area contributed by atoms with Crippen LogP contribution >= 0.6 is 0 Å². The molecule has 7 heteroatoms. The zero-order valence-corrected chi connectivity index (χ0v) is 18.5. The van der Waals surface area contributed by atoms with Crippen LogP contribution in [0.3, 0.4) is 0 Å². The molecule has 2 aromatic carbocycles. The molecule has 0 radical (unpaired) electrons. The molecule has 0 atom stereocenters. The number of aromatic nitrogens is 2. The van der Waals surface area contributed by atoms with Crippen molar-refractivity contribution in [3.05, 3.63) is 87.6 Å². The Bertz CT molecular complexity index is 1160. The quantitative estimate of drug-likeness (QED) is 0.621. The van der Waals surface area contributed by atoms with Gasteiger partial charge in [0.25, 0.3) is 5.56 Å². The average Bonchev–Trinajstić information content (AvgIpc) is 2.79. The maximum absolute atomic E-state index is 13.2. The van der Waals surface area contributed by atoms with E-state index in [0.29, 0.717) is 42.4 Å². The summed E-state index contributed by atoms with van der Waals surface area (Å²) >= 11 is 0. The van der Waals surface area contributed by atoms with Crippen LogP contribution in [0.15, 0.2) is 59.4 Å². The van der Waals surface area contributed by atoms with Crippen molar-refractivity contribution in [3.8, 4) is 5.75 Å². The molecule has 0 bridgehead atoms. The summed E-state index contributed by atoms with van der Waals surface area (Å²) < 4.78 is 7.02. The van der Waals surface area contributed by atoms with E-state index < -0.39 is 0 Å². The monoisotopic (exact) mass is 432 g/mol. The van der Waals surface area contributed by atoms with Gasteiger partial charge in [0.1, 0.15) is 18.1 Å². The Morgan fingerprint density at radius 1 is 1.12 bits per heavy atom. The fourth-order valence-electron chi connectivity index (χ4n) is 4.05. The normalized spacial score (nSPS) is 13.4. The first-order valence-corrected chi connectivity index (χ1v) is 10.9. The van der Waals surface area contributed by atoms with E-state index in [1.54, 1.807) is 19.1 Å². The van der Waals surface area contributed by atoms with Gasteiger partial charge in [0.15, 0.2) is 0 Å². The molecule has 0 spiro atoms. The number of hydrogen-bond acceptors (Lipinski definition) is 5. The van der Waals surface area contributed by atoms with Crippen LogP contribution in [0, 0.1) is 6.92 Å². The van der Waals surface area contributed by atoms with Gasteiger partial charge in [0.2, 0.25) is 5.91 Å². The van der Waals surface area contributed by atoms with Gasteiger partial charge >= 0.3 is 0 Å². The minimum Gasteiger partial charge on any atom is -0.492 e. The van der Waals surface area contributed by atoms with E-state index in [-0.39, 0.29) is 18.0 Å². The summed E-state index contributed by atoms with van der Waals surface area (Å²) in [6.07, 6.45) is 0.628. The molecule has 1 aromatic heterocycles. The summed E-state index contributed by atoms with van der Waals surface area (Å²) in [6, 6.07) is 17.6. The molecule has 0 saturated carbocycles. The maximum atomic E-state index is 13.2. The second-order valence-corrected chi connectivity index (χ2v) is 7.90. The SMILES string of the molecule is CCOc1ccccc1NC(=O)Cn1c(C)nc2c(c1=O)CCN(Cc1ccccc1)C2. The Kier molecular flexibility index (Phi) is 6.66. The molecule has 0 fully saturated rings. The first-order valence-electron chi connectivity index (χ1n) is 10.9. The molecule has 3 aromatic rings. The molecule has 0 unspecified atom stereocenters. The van der Waals surface area contributed by atoms with E-state index in [1.165, 1.54) is 10.1 Å². The predicted molar refractivity (Wildman–Crippen MR) is 124 cm³/mol. The van der Waals surface area contributed by atoms with E-state index in [0.717, 1.165) is 18.8 Å². The Labute approximate surface area is 187 Å². The van der Waals surface area contributed by atoms with Crippen molar-refractivity contribution in [3.63, 3.8) is 0 Å². The second-order valence-electron chi connectivity index (χ2n) is 7.90. The van der Waals surface area contributed by atoms with Crippen LogP contribution in [0.1, 0.15) is 29.6 Å². The number of aryl methyl sites for hydroxylation is 1. The van der Waals surface area contributed by atoms with Gasteiger partial charge < -0.3 is 10.1 Å². The molecular formula is C25H28N4O3. The number of rotatable bonds is 7. The lowest BCUT2D eigenvalue weighted by Crippen LogP contribution is -2.39. The number of carbonyl (C=O) groups excluding carboxylic acids is 1. The second kappa shape index (κ2) is 9.78. The van der Waals surface area contributed by atoms with E-state index in [9.17, 15) is 9.59 Å². The van der Waals surface area contributed by atoms with Crippen molar-refractivity contribution >= 4 is 11.6 Å². The van der Waals surface area contributed by atoms with Crippen molar-refractivity contribution in [2.75, 3.05) is 18.5 Å². The lowest BCUT2D eigenvalue weighted by atomic mass is 10.1. The van der Waals surface area contributed by atoms with Crippen molar-refractivity contribution < 1.29 is 9.53 Å². The van der Waals surface area contributed by atoms with Crippen molar-refractivity contribution in [1.82, 2.24) is 14.5 Å². The standard InChI is InChI=1S/C25H28N4O3/c1-3-32-23-12-8-7-11-21(23)27-24(30)17-29-18(2)26-22-16-28(14-13-20(22)25(29)31)15-19-9-5-4-6-10-19/h4-12H,3,13-17H2,1-2H3,(H,27,30). The summed E-state index contributed by atoms with van der Waals surface area (Å²) in [4.78, 5) is 32.8. The minimum absolute atomic E-state index is 0.0842. The molecule has 0 aliphatic carbocycles. The Balaban J connectivity index is 1.49. The highest BCUT2D eigenvalue weighted by molar-refractivity contribution is 5.92. The maximum Gasteiger partial charge on any atom is 0.257 e. The van der Waals surface area contributed by atoms with Crippen LogP contribution < -0.4 is 15.6 Å². The zero-order valence-electron chi connectivity index (χ0n) is 18.5.